The molecular formula is C27H37N2O4+. The summed E-state index contributed by atoms with van der Waals surface area (Å²) in [5.41, 5.74) is 0.520. The molecule has 0 bridgehead atoms. The molecule has 1 heterocycles. The SMILES string of the molecule is COc1cccc2c(OCCC(C)C)cc(C(=O)Cn3cc[n+](C)c3)c(OCCC(C)C)c12. The third-order valence-corrected chi connectivity index (χ3v) is 5.60. The number of benzene rings is 2. The van der Waals surface area contributed by atoms with Crippen molar-refractivity contribution in [3.8, 4) is 17.2 Å². The summed E-state index contributed by atoms with van der Waals surface area (Å²) in [6.45, 7) is 9.98. The second-order valence-electron chi connectivity index (χ2n) is 9.37. The van der Waals surface area contributed by atoms with Crippen LogP contribution in [0.5, 0.6) is 17.2 Å². The highest BCUT2D eigenvalue weighted by Gasteiger charge is 2.24. The van der Waals surface area contributed by atoms with Crippen molar-refractivity contribution in [2.24, 2.45) is 18.9 Å². The van der Waals surface area contributed by atoms with Crippen LogP contribution in [-0.2, 0) is 13.6 Å². The molecule has 33 heavy (non-hydrogen) atoms. The zero-order valence-electron chi connectivity index (χ0n) is 20.8. The van der Waals surface area contributed by atoms with E-state index in [4.69, 9.17) is 14.2 Å². The first-order valence-electron chi connectivity index (χ1n) is 11.7. The van der Waals surface area contributed by atoms with E-state index < -0.39 is 0 Å². The third kappa shape index (κ3) is 6.28. The molecule has 2 aromatic carbocycles. The number of methoxy groups -OCH3 is 1. The predicted molar refractivity (Wildman–Crippen MR) is 130 cm³/mol. The molecule has 0 atom stereocenters. The fourth-order valence-electron chi connectivity index (χ4n) is 3.67. The normalized spacial score (nSPS) is 11.4. The smallest absolute Gasteiger partial charge is 0.243 e. The topological polar surface area (TPSA) is 53.6 Å². The number of fused-ring (bicyclic) bond motifs is 1. The van der Waals surface area contributed by atoms with Gasteiger partial charge in [0.2, 0.25) is 12.1 Å². The van der Waals surface area contributed by atoms with Crippen molar-refractivity contribution < 1.29 is 23.6 Å². The Bertz CT molecular complexity index is 1090. The second kappa shape index (κ2) is 11.2. The van der Waals surface area contributed by atoms with Crippen molar-refractivity contribution in [1.29, 1.82) is 0 Å². The highest BCUT2D eigenvalue weighted by molar-refractivity contribution is 6.08. The molecule has 0 saturated carbocycles. The van der Waals surface area contributed by atoms with Crippen molar-refractivity contribution >= 4 is 16.6 Å². The van der Waals surface area contributed by atoms with E-state index in [1.54, 1.807) is 7.11 Å². The molecule has 0 aliphatic heterocycles. The summed E-state index contributed by atoms with van der Waals surface area (Å²) in [5, 5.41) is 1.67. The van der Waals surface area contributed by atoms with Gasteiger partial charge in [0.1, 0.15) is 29.6 Å². The number of nitrogens with zero attached hydrogens (tertiary/aromatic N) is 2. The van der Waals surface area contributed by atoms with E-state index >= 15 is 0 Å². The van der Waals surface area contributed by atoms with E-state index in [2.05, 4.69) is 27.7 Å². The van der Waals surface area contributed by atoms with E-state index in [9.17, 15) is 4.79 Å². The maximum absolute atomic E-state index is 13.5. The van der Waals surface area contributed by atoms with Gasteiger partial charge in [0.05, 0.1) is 38.3 Å². The lowest BCUT2D eigenvalue weighted by Crippen LogP contribution is -2.24. The second-order valence-corrected chi connectivity index (χ2v) is 9.37. The molecule has 0 aliphatic carbocycles. The van der Waals surface area contributed by atoms with Gasteiger partial charge in [0.15, 0.2) is 6.54 Å². The molecular weight excluding hydrogens is 416 g/mol. The molecule has 3 rings (SSSR count). The maximum atomic E-state index is 13.5. The standard InChI is InChI=1S/C27H37N2O4/c1-19(2)10-14-32-25-16-22(23(30)17-29-13-12-28(5)18-29)27(33-15-11-20(3)4)26-21(25)8-7-9-24(26)31-6/h7-9,12-13,16,18-20H,10-11,14-15,17H2,1-6H3/q+1. The number of carbonyl (C=O) groups is 1. The molecule has 6 heteroatoms. The van der Waals surface area contributed by atoms with Crippen LogP contribution in [0.1, 0.15) is 50.9 Å². The monoisotopic (exact) mass is 453 g/mol. The summed E-state index contributed by atoms with van der Waals surface area (Å²) in [6.07, 6.45) is 7.51. The lowest BCUT2D eigenvalue weighted by molar-refractivity contribution is -0.671. The van der Waals surface area contributed by atoms with E-state index in [0.717, 1.165) is 23.6 Å². The minimum absolute atomic E-state index is 0.0349. The van der Waals surface area contributed by atoms with Crippen LogP contribution in [0, 0.1) is 11.8 Å². The van der Waals surface area contributed by atoms with Crippen molar-refractivity contribution in [2.75, 3.05) is 20.3 Å². The van der Waals surface area contributed by atoms with Crippen LogP contribution >= 0.6 is 0 Å². The minimum Gasteiger partial charge on any atom is -0.496 e. The molecule has 1 aromatic heterocycles. The van der Waals surface area contributed by atoms with Crippen molar-refractivity contribution in [3.05, 3.63) is 48.5 Å². The quantitative estimate of drug-likeness (QED) is 0.279. The third-order valence-electron chi connectivity index (χ3n) is 5.60. The lowest BCUT2D eigenvalue weighted by atomic mass is 10.00. The Hall–Kier alpha value is -3.02. The first kappa shape index (κ1) is 24.6. The number of aromatic nitrogens is 2. The zero-order valence-corrected chi connectivity index (χ0v) is 20.8. The number of hydrogen-bond acceptors (Lipinski definition) is 4. The summed E-state index contributed by atoms with van der Waals surface area (Å²) < 4.78 is 22.0. The molecule has 0 radical (unpaired) electrons. The summed E-state index contributed by atoms with van der Waals surface area (Å²) >= 11 is 0. The van der Waals surface area contributed by atoms with Gasteiger partial charge in [-0.25, -0.2) is 9.13 Å². The summed E-state index contributed by atoms with van der Waals surface area (Å²) in [6, 6.07) is 7.68. The Balaban J connectivity index is 2.11. The van der Waals surface area contributed by atoms with Gasteiger partial charge in [0.25, 0.3) is 0 Å². The number of imidazole rings is 1. The van der Waals surface area contributed by atoms with E-state index in [1.165, 1.54) is 0 Å². The number of rotatable bonds is 12. The van der Waals surface area contributed by atoms with Gasteiger partial charge >= 0.3 is 0 Å². The van der Waals surface area contributed by atoms with Crippen LogP contribution in [0.3, 0.4) is 0 Å². The van der Waals surface area contributed by atoms with E-state index in [-0.39, 0.29) is 12.3 Å². The molecule has 178 valence electrons. The maximum Gasteiger partial charge on any atom is 0.243 e. The highest BCUT2D eigenvalue weighted by Crippen LogP contribution is 2.42. The van der Waals surface area contributed by atoms with Crippen LogP contribution < -0.4 is 18.8 Å². The fraction of sp³-hybridized carbons (Fsp3) is 0.481. The van der Waals surface area contributed by atoms with Gasteiger partial charge in [0, 0.05) is 5.39 Å². The average Bonchev–Trinajstić information content (AvgIpc) is 3.17. The summed E-state index contributed by atoms with van der Waals surface area (Å²) in [7, 11) is 3.57. The Morgan fingerprint density at radius 2 is 1.73 bits per heavy atom. The Morgan fingerprint density at radius 1 is 1.03 bits per heavy atom. The number of Topliss-reactive ketones (excluding diaryl/α,β-unsaturated/α-hetero) is 1. The van der Waals surface area contributed by atoms with Crippen LogP contribution in [0.2, 0.25) is 0 Å². The average molecular weight is 454 g/mol. The van der Waals surface area contributed by atoms with Crippen LogP contribution in [0.4, 0.5) is 0 Å². The summed E-state index contributed by atoms with van der Waals surface area (Å²) in [5.74, 6) is 2.91. The molecule has 0 saturated heterocycles. The van der Waals surface area contributed by atoms with Crippen molar-refractivity contribution in [2.45, 2.75) is 47.1 Å². The van der Waals surface area contributed by atoms with Gasteiger partial charge in [-0.15, -0.1) is 0 Å². The molecule has 6 nitrogen and oxygen atoms in total. The Labute approximate surface area is 197 Å². The molecule has 0 fully saturated rings. The van der Waals surface area contributed by atoms with Crippen molar-refractivity contribution in [3.63, 3.8) is 0 Å². The first-order chi connectivity index (χ1) is 15.8. The predicted octanol–water partition coefficient (Wildman–Crippen LogP) is 5.21. The largest absolute Gasteiger partial charge is 0.496 e. The molecule has 0 aliphatic rings. The number of ketones is 1. The van der Waals surface area contributed by atoms with Gasteiger partial charge in [-0.3, -0.25) is 4.79 Å². The fourth-order valence-corrected chi connectivity index (χ4v) is 3.67. The first-order valence-corrected chi connectivity index (χ1v) is 11.7. The van der Waals surface area contributed by atoms with Gasteiger partial charge in [-0.2, -0.15) is 0 Å². The summed E-state index contributed by atoms with van der Waals surface area (Å²) in [4.78, 5) is 13.5. The molecule has 0 spiro atoms. The van der Waals surface area contributed by atoms with Gasteiger partial charge in [-0.05, 0) is 36.8 Å². The number of ether oxygens (including phenoxy) is 3. The lowest BCUT2D eigenvalue weighted by Gasteiger charge is -2.19. The minimum atomic E-state index is -0.0349. The number of hydrogen-bond donors (Lipinski definition) is 0. The molecule has 0 amide bonds. The van der Waals surface area contributed by atoms with Gasteiger partial charge in [-0.1, -0.05) is 39.8 Å². The molecule has 0 unspecified atom stereocenters. The zero-order chi connectivity index (χ0) is 24.0. The van der Waals surface area contributed by atoms with Crippen molar-refractivity contribution in [1.82, 2.24) is 4.57 Å². The van der Waals surface area contributed by atoms with Crippen LogP contribution in [-0.4, -0.2) is 30.7 Å². The van der Waals surface area contributed by atoms with Crippen LogP contribution in [0.15, 0.2) is 43.0 Å². The molecule has 3 aromatic rings. The highest BCUT2D eigenvalue weighted by atomic mass is 16.5. The molecule has 0 N–H and O–H groups in total. The number of aryl methyl sites for hydroxylation is 1. The Kier molecular flexibility index (Phi) is 8.37. The van der Waals surface area contributed by atoms with Crippen LogP contribution in [0.25, 0.3) is 10.8 Å². The van der Waals surface area contributed by atoms with E-state index in [1.807, 2.05) is 59.2 Å². The van der Waals surface area contributed by atoms with E-state index in [0.29, 0.717) is 47.9 Å². The van der Waals surface area contributed by atoms with Gasteiger partial charge < -0.3 is 14.2 Å². The Morgan fingerprint density at radius 3 is 2.33 bits per heavy atom. The number of carbonyl (C=O) groups excluding carboxylic acids is 1.